The Balaban J connectivity index is 1.95. The molecule has 0 radical (unpaired) electrons. The van der Waals surface area contributed by atoms with E-state index in [-0.39, 0.29) is 13.1 Å². The summed E-state index contributed by atoms with van der Waals surface area (Å²) in [4.78, 5) is 8.70. The van der Waals surface area contributed by atoms with Crippen LogP contribution in [0.15, 0.2) is 60.9 Å². The van der Waals surface area contributed by atoms with E-state index in [0.29, 0.717) is 23.9 Å². The van der Waals surface area contributed by atoms with Crippen molar-refractivity contribution in [3.63, 3.8) is 0 Å². The van der Waals surface area contributed by atoms with Crippen LogP contribution in [0.3, 0.4) is 0 Å². The highest BCUT2D eigenvalue weighted by atomic mass is 32.2. The topological polar surface area (TPSA) is 90.9 Å². The highest BCUT2D eigenvalue weighted by Gasteiger charge is 2.37. The Hall–Kier alpha value is -3.01. The van der Waals surface area contributed by atoms with Crippen molar-refractivity contribution in [2.75, 3.05) is 20.8 Å². The lowest BCUT2D eigenvalue weighted by atomic mass is 10.2. The Morgan fingerprint density at radius 1 is 0.857 bits per heavy atom. The number of hydrogen-bond donors (Lipinski definition) is 0. The summed E-state index contributed by atoms with van der Waals surface area (Å²) < 4.78 is 45.8. The van der Waals surface area contributed by atoms with Gasteiger partial charge in [-0.05, 0) is 61.7 Å². The minimum Gasteiger partial charge on any atom is -0.497 e. The minimum absolute atomic E-state index is 0.191. The molecule has 0 N–H and O–H groups in total. The van der Waals surface area contributed by atoms with Gasteiger partial charge in [-0.2, -0.15) is 4.31 Å². The molecule has 1 aromatic heterocycles. The fourth-order valence-electron chi connectivity index (χ4n) is 3.65. The van der Waals surface area contributed by atoms with Crippen LogP contribution in [-0.4, -0.2) is 48.8 Å². The monoisotopic (exact) mass is 499 g/mol. The number of sulfonamides is 1. The standard InChI is InChI=1S/C26H33N3O5S/c1-6-34-25(26-27-15-19(2)16-28-26)20(3)35(30,31)29(17-21-7-11-23(32-4)12-8-21)18-22-9-13-24(33-5)14-10-22/h7-16,20,25H,6,17-18H2,1-5H3. The third-order valence-corrected chi connectivity index (χ3v) is 7.86. The quantitative estimate of drug-likeness (QED) is 0.367. The molecule has 0 aliphatic heterocycles. The van der Waals surface area contributed by atoms with Gasteiger partial charge in [-0.15, -0.1) is 0 Å². The predicted molar refractivity (Wildman–Crippen MR) is 135 cm³/mol. The van der Waals surface area contributed by atoms with E-state index in [9.17, 15) is 8.42 Å². The van der Waals surface area contributed by atoms with Gasteiger partial charge in [-0.3, -0.25) is 0 Å². The van der Waals surface area contributed by atoms with Crippen molar-refractivity contribution in [3.8, 4) is 11.5 Å². The zero-order valence-electron chi connectivity index (χ0n) is 20.8. The number of nitrogens with zero attached hydrogens (tertiary/aromatic N) is 3. The van der Waals surface area contributed by atoms with E-state index >= 15 is 0 Å². The van der Waals surface area contributed by atoms with E-state index in [1.807, 2.05) is 62.4 Å². The van der Waals surface area contributed by atoms with Crippen LogP contribution in [0.5, 0.6) is 11.5 Å². The van der Waals surface area contributed by atoms with Gasteiger partial charge >= 0.3 is 0 Å². The van der Waals surface area contributed by atoms with Gasteiger partial charge in [0.05, 0.1) is 14.2 Å². The summed E-state index contributed by atoms with van der Waals surface area (Å²) in [7, 11) is -0.652. The van der Waals surface area contributed by atoms with Crippen molar-refractivity contribution in [1.82, 2.24) is 14.3 Å². The smallest absolute Gasteiger partial charge is 0.220 e. The van der Waals surface area contributed by atoms with Gasteiger partial charge in [0.2, 0.25) is 10.0 Å². The average Bonchev–Trinajstić information content (AvgIpc) is 2.88. The number of methoxy groups -OCH3 is 2. The van der Waals surface area contributed by atoms with Gasteiger partial charge in [0.15, 0.2) is 5.82 Å². The minimum atomic E-state index is -3.84. The molecule has 0 fully saturated rings. The van der Waals surface area contributed by atoms with Crippen LogP contribution in [0.1, 0.15) is 42.5 Å². The second kappa shape index (κ2) is 12.1. The van der Waals surface area contributed by atoms with Crippen LogP contribution >= 0.6 is 0 Å². The van der Waals surface area contributed by atoms with Gasteiger partial charge in [-0.1, -0.05) is 24.3 Å². The number of aryl methyl sites for hydroxylation is 1. The fraction of sp³-hybridized carbons (Fsp3) is 0.385. The number of hydrogen-bond acceptors (Lipinski definition) is 7. The Morgan fingerprint density at radius 3 is 1.71 bits per heavy atom. The number of benzene rings is 2. The first kappa shape index (κ1) is 26.6. The van der Waals surface area contributed by atoms with Crippen LogP contribution in [0.2, 0.25) is 0 Å². The molecule has 3 aromatic rings. The van der Waals surface area contributed by atoms with Gasteiger partial charge in [0.25, 0.3) is 0 Å². The molecule has 35 heavy (non-hydrogen) atoms. The van der Waals surface area contributed by atoms with Crippen molar-refractivity contribution < 1.29 is 22.6 Å². The molecule has 9 heteroatoms. The summed E-state index contributed by atoms with van der Waals surface area (Å²) in [6, 6.07) is 14.7. The third-order valence-electron chi connectivity index (χ3n) is 5.69. The summed E-state index contributed by atoms with van der Waals surface area (Å²) in [5, 5.41) is -0.915. The van der Waals surface area contributed by atoms with Gasteiger partial charge in [0, 0.05) is 32.1 Å². The summed E-state index contributed by atoms with van der Waals surface area (Å²) in [5.74, 6) is 1.77. The van der Waals surface area contributed by atoms with Gasteiger partial charge in [0.1, 0.15) is 22.9 Å². The molecule has 2 aromatic carbocycles. The second-order valence-electron chi connectivity index (χ2n) is 8.21. The highest BCUT2D eigenvalue weighted by molar-refractivity contribution is 7.89. The molecular weight excluding hydrogens is 466 g/mol. The molecule has 0 bridgehead atoms. The maximum absolute atomic E-state index is 14.0. The van der Waals surface area contributed by atoms with E-state index < -0.39 is 21.4 Å². The van der Waals surface area contributed by atoms with Crippen LogP contribution in [0, 0.1) is 6.92 Å². The first-order chi connectivity index (χ1) is 16.8. The van der Waals surface area contributed by atoms with E-state index in [1.54, 1.807) is 33.5 Å². The Morgan fingerprint density at radius 2 is 1.31 bits per heavy atom. The third kappa shape index (κ3) is 6.78. The number of aromatic nitrogens is 2. The largest absolute Gasteiger partial charge is 0.497 e. The SMILES string of the molecule is CCOC(c1ncc(C)cn1)C(C)S(=O)(=O)N(Cc1ccc(OC)cc1)Cc1ccc(OC)cc1. The summed E-state index contributed by atoms with van der Waals surface area (Å²) in [6.45, 7) is 6.07. The molecule has 0 saturated carbocycles. The summed E-state index contributed by atoms with van der Waals surface area (Å²) in [6.07, 6.45) is 2.53. The van der Waals surface area contributed by atoms with Crippen LogP contribution in [0.4, 0.5) is 0 Å². The predicted octanol–water partition coefficient (Wildman–Crippen LogP) is 4.30. The molecular formula is C26H33N3O5S. The lowest BCUT2D eigenvalue weighted by Gasteiger charge is -2.30. The molecule has 3 rings (SSSR count). The van der Waals surface area contributed by atoms with Crippen molar-refractivity contribution in [2.24, 2.45) is 0 Å². The second-order valence-corrected chi connectivity index (χ2v) is 10.5. The Labute approximate surface area is 207 Å². The van der Waals surface area contributed by atoms with Crippen molar-refractivity contribution in [2.45, 2.75) is 45.2 Å². The van der Waals surface area contributed by atoms with Crippen LogP contribution in [-0.2, 0) is 27.8 Å². The molecule has 0 amide bonds. The average molecular weight is 500 g/mol. The van der Waals surface area contributed by atoms with E-state index in [2.05, 4.69) is 9.97 Å². The van der Waals surface area contributed by atoms with Crippen molar-refractivity contribution >= 4 is 10.0 Å². The lowest BCUT2D eigenvalue weighted by Crippen LogP contribution is -2.40. The lowest BCUT2D eigenvalue weighted by molar-refractivity contribution is 0.0543. The first-order valence-corrected chi connectivity index (χ1v) is 12.9. The Bertz CT molecular complexity index is 1120. The number of rotatable bonds is 12. The fourth-order valence-corrected chi connectivity index (χ4v) is 5.29. The first-order valence-electron chi connectivity index (χ1n) is 11.4. The number of ether oxygens (including phenoxy) is 3. The van der Waals surface area contributed by atoms with Crippen molar-refractivity contribution in [1.29, 1.82) is 0 Å². The van der Waals surface area contributed by atoms with Crippen molar-refractivity contribution in [3.05, 3.63) is 83.4 Å². The molecule has 0 aliphatic rings. The normalized spacial score (nSPS) is 13.4. The zero-order chi connectivity index (χ0) is 25.4. The zero-order valence-corrected chi connectivity index (χ0v) is 21.7. The van der Waals surface area contributed by atoms with E-state index in [1.165, 1.54) is 4.31 Å². The molecule has 0 spiro atoms. The molecule has 0 saturated heterocycles. The van der Waals surface area contributed by atoms with E-state index in [4.69, 9.17) is 14.2 Å². The molecule has 188 valence electrons. The molecule has 2 atom stereocenters. The van der Waals surface area contributed by atoms with E-state index in [0.717, 1.165) is 16.7 Å². The van der Waals surface area contributed by atoms with Crippen LogP contribution in [0.25, 0.3) is 0 Å². The molecule has 0 aliphatic carbocycles. The van der Waals surface area contributed by atoms with Gasteiger partial charge in [-0.25, -0.2) is 18.4 Å². The maximum atomic E-state index is 14.0. The molecule has 2 unspecified atom stereocenters. The molecule has 1 heterocycles. The highest BCUT2D eigenvalue weighted by Crippen LogP contribution is 2.28. The van der Waals surface area contributed by atoms with Crippen LogP contribution < -0.4 is 9.47 Å². The molecule has 8 nitrogen and oxygen atoms in total. The maximum Gasteiger partial charge on any atom is 0.220 e. The van der Waals surface area contributed by atoms with Gasteiger partial charge < -0.3 is 14.2 Å². The Kier molecular flexibility index (Phi) is 9.20. The summed E-state index contributed by atoms with van der Waals surface area (Å²) >= 11 is 0. The summed E-state index contributed by atoms with van der Waals surface area (Å²) in [5.41, 5.74) is 2.57.